The first kappa shape index (κ1) is 16.3. The smallest absolute Gasteiger partial charge is 0.365 e. The molecule has 7 heteroatoms. The average Bonchev–Trinajstić information content (AvgIpc) is 2.48. The van der Waals surface area contributed by atoms with Crippen molar-refractivity contribution in [2.24, 2.45) is 10.9 Å². The molecule has 4 nitrogen and oxygen atoms in total. The molecule has 0 aliphatic heterocycles. The SMILES string of the molecule is NC(Cc1ccc(Cl)cc1Cl)=NOC(=O)c1ccc(F)cc1. The third-order valence-electron chi connectivity index (χ3n) is 2.71. The Morgan fingerprint density at radius 3 is 2.50 bits per heavy atom. The number of amidine groups is 1. The van der Waals surface area contributed by atoms with Gasteiger partial charge in [-0.1, -0.05) is 34.4 Å². The molecular weight excluding hydrogens is 330 g/mol. The lowest BCUT2D eigenvalue weighted by atomic mass is 10.1. The van der Waals surface area contributed by atoms with Crippen molar-refractivity contribution in [3.05, 3.63) is 69.5 Å². The zero-order valence-electron chi connectivity index (χ0n) is 11.2. The van der Waals surface area contributed by atoms with Crippen molar-refractivity contribution in [1.82, 2.24) is 0 Å². The maximum Gasteiger partial charge on any atom is 0.365 e. The highest BCUT2D eigenvalue weighted by atomic mass is 35.5. The molecule has 2 aromatic rings. The second-order valence-electron chi connectivity index (χ2n) is 4.38. The van der Waals surface area contributed by atoms with Crippen LogP contribution in [0.2, 0.25) is 10.0 Å². The van der Waals surface area contributed by atoms with Crippen molar-refractivity contribution in [3.8, 4) is 0 Å². The summed E-state index contributed by atoms with van der Waals surface area (Å²) in [4.78, 5) is 16.4. The molecule has 0 aromatic heterocycles. The van der Waals surface area contributed by atoms with Crippen LogP contribution in [-0.4, -0.2) is 11.8 Å². The van der Waals surface area contributed by atoms with Gasteiger partial charge in [0, 0.05) is 16.5 Å². The fraction of sp³-hybridized carbons (Fsp3) is 0.0667. The van der Waals surface area contributed by atoms with Crippen LogP contribution in [0.5, 0.6) is 0 Å². The van der Waals surface area contributed by atoms with Crippen molar-refractivity contribution in [3.63, 3.8) is 0 Å². The van der Waals surface area contributed by atoms with Crippen LogP contribution in [0.1, 0.15) is 15.9 Å². The predicted molar refractivity (Wildman–Crippen MR) is 83.6 cm³/mol. The van der Waals surface area contributed by atoms with Crippen molar-refractivity contribution < 1.29 is 14.0 Å². The van der Waals surface area contributed by atoms with E-state index < -0.39 is 11.8 Å². The highest BCUT2D eigenvalue weighted by Crippen LogP contribution is 2.21. The van der Waals surface area contributed by atoms with Crippen LogP contribution in [0, 0.1) is 5.82 Å². The third kappa shape index (κ3) is 4.44. The van der Waals surface area contributed by atoms with Gasteiger partial charge in [0.05, 0.1) is 5.56 Å². The fourth-order valence-corrected chi connectivity index (χ4v) is 2.11. The standard InChI is InChI=1S/C15H11Cl2FN2O2/c16-11-4-1-10(13(17)8-11)7-14(19)20-22-15(21)9-2-5-12(18)6-3-9/h1-6,8H,7H2,(H2,19,20). The Kier molecular flexibility index (Phi) is 5.35. The number of carbonyl (C=O) groups excluding carboxylic acids is 1. The summed E-state index contributed by atoms with van der Waals surface area (Å²) in [6.45, 7) is 0. The van der Waals surface area contributed by atoms with Gasteiger partial charge in [-0.3, -0.25) is 0 Å². The van der Waals surface area contributed by atoms with Crippen LogP contribution >= 0.6 is 23.2 Å². The lowest BCUT2D eigenvalue weighted by molar-refractivity contribution is 0.0515. The number of carbonyl (C=O) groups is 1. The van der Waals surface area contributed by atoms with Gasteiger partial charge in [-0.15, -0.1) is 0 Å². The molecule has 0 aliphatic rings. The number of nitrogens with zero attached hydrogens (tertiary/aromatic N) is 1. The molecule has 0 unspecified atom stereocenters. The van der Waals surface area contributed by atoms with Gasteiger partial charge < -0.3 is 10.6 Å². The summed E-state index contributed by atoms with van der Waals surface area (Å²) in [5.41, 5.74) is 6.55. The first-order chi connectivity index (χ1) is 10.5. The van der Waals surface area contributed by atoms with E-state index in [2.05, 4.69) is 5.16 Å². The van der Waals surface area contributed by atoms with E-state index in [9.17, 15) is 9.18 Å². The number of hydrogen-bond acceptors (Lipinski definition) is 3. The molecule has 0 fully saturated rings. The molecule has 0 spiro atoms. The van der Waals surface area contributed by atoms with Gasteiger partial charge >= 0.3 is 5.97 Å². The van der Waals surface area contributed by atoms with Gasteiger partial charge in [-0.25, -0.2) is 9.18 Å². The van der Waals surface area contributed by atoms with Gasteiger partial charge in [-0.05, 0) is 42.0 Å². The monoisotopic (exact) mass is 340 g/mol. The summed E-state index contributed by atoms with van der Waals surface area (Å²) in [5.74, 6) is -1.11. The van der Waals surface area contributed by atoms with Crippen LogP contribution in [0.15, 0.2) is 47.6 Å². The number of oxime groups is 1. The van der Waals surface area contributed by atoms with Gasteiger partial charge in [0.2, 0.25) is 0 Å². The zero-order valence-corrected chi connectivity index (χ0v) is 12.7. The zero-order chi connectivity index (χ0) is 16.1. The summed E-state index contributed by atoms with van der Waals surface area (Å²) in [6.07, 6.45) is 0.201. The molecule has 0 atom stereocenters. The number of rotatable bonds is 4. The second kappa shape index (κ2) is 7.24. The maximum absolute atomic E-state index is 12.8. The van der Waals surface area contributed by atoms with Gasteiger partial charge in [0.1, 0.15) is 11.7 Å². The van der Waals surface area contributed by atoms with Crippen molar-refractivity contribution in [2.45, 2.75) is 6.42 Å². The molecule has 2 rings (SSSR count). The maximum atomic E-state index is 12.8. The van der Waals surface area contributed by atoms with E-state index in [0.717, 1.165) is 12.1 Å². The molecule has 0 radical (unpaired) electrons. The van der Waals surface area contributed by atoms with Crippen LogP contribution < -0.4 is 5.73 Å². The minimum Gasteiger partial charge on any atom is -0.384 e. The lowest BCUT2D eigenvalue weighted by Crippen LogP contribution is -2.17. The average molecular weight is 341 g/mol. The topological polar surface area (TPSA) is 64.7 Å². The largest absolute Gasteiger partial charge is 0.384 e. The van der Waals surface area contributed by atoms with E-state index in [1.165, 1.54) is 12.1 Å². The van der Waals surface area contributed by atoms with E-state index in [0.29, 0.717) is 15.6 Å². The molecule has 0 aliphatic carbocycles. The summed E-state index contributed by atoms with van der Waals surface area (Å²) >= 11 is 11.8. The summed E-state index contributed by atoms with van der Waals surface area (Å²) in [6, 6.07) is 9.83. The van der Waals surface area contributed by atoms with E-state index in [4.69, 9.17) is 33.8 Å². The molecule has 0 bridgehead atoms. The van der Waals surface area contributed by atoms with E-state index in [1.807, 2.05) is 0 Å². The van der Waals surface area contributed by atoms with Gasteiger partial charge in [0.25, 0.3) is 0 Å². The molecule has 0 saturated heterocycles. The van der Waals surface area contributed by atoms with Crippen LogP contribution in [0.25, 0.3) is 0 Å². The van der Waals surface area contributed by atoms with Crippen molar-refractivity contribution >= 4 is 35.0 Å². The lowest BCUT2D eigenvalue weighted by Gasteiger charge is -2.04. The Labute approximate surface area is 136 Å². The molecule has 0 amide bonds. The molecule has 2 aromatic carbocycles. The van der Waals surface area contributed by atoms with Crippen molar-refractivity contribution in [2.75, 3.05) is 0 Å². The minimum absolute atomic E-state index is 0.0692. The van der Waals surface area contributed by atoms with Crippen LogP contribution in [0.3, 0.4) is 0 Å². The van der Waals surface area contributed by atoms with E-state index in [-0.39, 0.29) is 17.8 Å². The first-order valence-corrected chi connectivity index (χ1v) is 6.94. The van der Waals surface area contributed by atoms with E-state index in [1.54, 1.807) is 18.2 Å². The van der Waals surface area contributed by atoms with Crippen LogP contribution in [0.4, 0.5) is 4.39 Å². The Morgan fingerprint density at radius 2 is 1.86 bits per heavy atom. The molecule has 22 heavy (non-hydrogen) atoms. The molecule has 2 N–H and O–H groups in total. The quantitative estimate of drug-likeness (QED) is 0.398. The highest BCUT2D eigenvalue weighted by Gasteiger charge is 2.08. The number of hydrogen-bond donors (Lipinski definition) is 1. The Bertz CT molecular complexity index is 718. The van der Waals surface area contributed by atoms with Gasteiger partial charge in [0.15, 0.2) is 0 Å². The third-order valence-corrected chi connectivity index (χ3v) is 3.30. The number of benzene rings is 2. The Morgan fingerprint density at radius 1 is 1.18 bits per heavy atom. The minimum atomic E-state index is -0.731. The highest BCUT2D eigenvalue weighted by molar-refractivity contribution is 6.35. The van der Waals surface area contributed by atoms with Crippen LogP contribution in [-0.2, 0) is 11.3 Å². The molecule has 114 valence electrons. The second-order valence-corrected chi connectivity index (χ2v) is 5.22. The number of nitrogens with two attached hydrogens (primary N) is 1. The van der Waals surface area contributed by atoms with Crippen molar-refractivity contribution in [1.29, 1.82) is 0 Å². The summed E-state index contributed by atoms with van der Waals surface area (Å²) < 4.78 is 12.8. The first-order valence-electron chi connectivity index (χ1n) is 6.19. The molecule has 0 heterocycles. The molecular formula is C15H11Cl2FN2O2. The summed E-state index contributed by atoms with van der Waals surface area (Å²) in [5, 5.41) is 4.49. The Balaban J connectivity index is 2.00. The molecule has 0 saturated carbocycles. The predicted octanol–water partition coefficient (Wildman–Crippen LogP) is 3.80. The number of halogens is 3. The Hall–Kier alpha value is -2.11. The van der Waals surface area contributed by atoms with E-state index >= 15 is 0 Å². The normalized spacial score (nSPS) is 11.3. The van der Waals surface area contributed by atoms with Gasteiger partial charge in [-0.2, -0.15) is 0 Å². The summed E-state index contributed by atoms with van der Waals surface area (Å²) in [7, 11) is 0. The fourth-order valence-electron chi connectivity index (χ4n) is 1.63.